The Hall–Kier alpha value is -4.00. The van der Waals surface area contributed by atoms with Crippen molar-refractivity contribution >= 4 is 11.9 Å². The Labute approximate surface area is 185 Å². The smallest absolute Gasteiger partial charge is 0.473 e. The summed E-state index contributed by atoms with van der Waals surface area (Å²) in [5.41, 5.74) is 6.62. The average Bonchev–Trinajstić information content (AvgIpc) is 3.33. The van der Waals surface area contributed by atoms with E-state index in [1.807, 2.05) is 0 Å². The van der Waals surface area contributed by atoms with E-state index in [9.17, 15) is 22.8 Å². The molecule has 1 aromatic carbocycles. The van der Waals surface area contributed by atoms with Gasteiger partial charge in [-0.05, 0) is 23.8 Å². The Kier molecular flexibility index (Phi) is 7.56. The van der Waals surface area contributed by atoms with E-state index in [1.165, 1.54) is 35.4 Å². The summed E-state index contributed by atoms with van der Waals surface area (Å²) in [6, 6.07) is 9.13. The molecule has 10 nitrogen and oxygen atoms in total. The number of hydroxylamine groups is 2. The lowest BCUT2D eigenvalue weighted by atomic mass is 10.1. The first kappa shape index (κ1) is 23.7. The summed E-state index contributed by atoms with van der Waals surface area (Å²) in [6.07, 6.45) is -0.954. The standard InChI is InChI=1S/C20H19F3N6O4/c21-20(22,23)19(31)33-29(8-7-28-6-2-5-27-28)18(30)15-4-1-3-14(9-15)12-32-17-10-16(11-24)25-13-26-17/h1-6,9-10,13H,7-8,11-12,24H2. The second-order valence-corrected chi connectivity index (χ2v) is 6.59. The number of amides is 1. The number of alkyl halides is 3. The molecular weight excluding hydrogens is 445 g/mol. The van der Waals surface area contributed by atoms with E-state index in [2.05, 4.69) is 19.9 Å². The van der Waals surface area contributed by atoms with Crippen LogP contribution in [0.5, 0.6) is 5.88 Å². The van der Waals surface area contributed by atoms with Crippen molar-refractivity contribution in [1.82, 2.24) is 24.8 Å². The maximum Gasteiger partial charge on any atom is 0.493 e. The summed E-state index contributed by atoms with van der Waals surface area (Å²) in [6.45, 7) is -0.138. The largest absolute Gasteiger partial charge is 0.493 e. The van der Waals surface area contributed by atoms with Crippen molar-refractivity contribution < 1.29 is 32.3 Å². The molecule has 33 heavy (non-hydrogen) atoms. The highest BCUT2D eigenvalue weighted by Crippen LogP contribution is 2.19. The van der Waals surface area contributed by atoms with Crippen LogP contribution in [0, 0.1) is 0 Å². The van der Waals surface area contributed by atoms with Crippen LogP contribution in [0.3, 0.4) is 0 Å². The highest BCUT2D eigenvalue weighted by Gasteiger charge is 2.43. The third kappa shape index (κ3) is 6.74. The molecule has 0 atom stereocenters. The second kappa shape index (κ2) is 10.5. The van der Waals surface area contributed by atoms with Crippen molar-refractivity contribution in [3.8, 4) is 5.88 Å². The van der Waals surface area contributed by atoms with E-state index in [4.69, 9.17) is 10.5 Å². The molecule has 0 saturated carbocycles. The van der Waals surface area contributed by atoms with Crippen LogP contribution in [0.1, 0.15) is 21.6 Å². The molecular formula is C20H19F3N6O4. The predicted molar refractivity (Wildman–Crippen MR) is 106 cm³/mol. The number of nitrogens with two attached hydrogens (primary N) is 1. The SMILES string of the molecule is NCc1cc(OCc2cccc(C(=O)N(CCn3cccn3)OC(=O)C(F)(F)F)c2)ncn1. The third-order valence-electron chi connectivity index (χ3n) is 4.21. The van der Waals surface area contributed by atoms with Gasteiger partial charge in [0.05, 0.1) is 18.8 Å². The monoisotopic (exact) mass is 464 g/mol. The van der Waals surface area contributed by atoms with Gasteiger partial charge in [-0.15, -0.1) is 0 Å². The average molecular weight is 464 g/mol. The number of hydrogen-bond acceptors (Lipinski definition) is 8. The topological polar surface area (TPSA) is 125 Å². The molecule has 0 aliphatic rings. The number of halogens is 3. The third-order valence-corrected chi connectivity index (χ3v) is 4.21. The molecule has 0 aliphatic heterocycles. The fourth-order valence-corrected chi connectivity index (χ4v) is 2.63. The van der Waals surface area contributed by atoms with Gasteiger partial charge in [0.15, 0.2) is 0 Å². The van der Waals surface area contributed by atoms with Crippen LogP contribution >= 0.6 is 0 Å². The molecule has 0 saturated heterocycles. The lowest BCUT2D eigenvalue weighted by Crippen LogP contribution is -2.40. The van der Waals surface area contributed by atoms with Gasteiger partial charge in [-0.25, -0.2) is 14.8 Å². The molecule has 3 aromatic rings. The summed E-state index contributed by atoms with van der Waals surface area (Å²) in [7, 11) is 0. The maximum atomic E-state index is 12.9. The molecule has 0 aliphatic carbocycles. The second-order valence-electron chi connectivity index (χ2n) is 6.59. The normalized spacial score (nSPS) is 11.2. The van der Waals surface area contributed by atoms with Gasteiger partial charge in [0.2, 0.25) is 5.88 Å². The van der Waals surface area contributed by atoms with Crippen LogP contribution in [0.4, 0.5) is 13.2 Å². The summed E-state index contributed by atoms with van der Waals surface area (Å²) in [4.78, 5) is 36.5. The Bertz CT molecular complexity index is 1090. The lowest BCUT2D eigenvalue weighted by molar-refractivity contribution is -0.228. The summed E-state index contributed by atoms with van der Waals surface area (Å²) < 4.78 is 45.0. The van der Waals surface area contributed by atoms with Crippen LogP contribution in [0.2, 0.25) is 0 Å². The number of ether oxygens (including phenoxy) is 1. The van der Waals surface area contributed by atoms with Crippen molar-refractivity contribution in [2.24, 2.45) is 5.73 Å². The highest BCUT2D eigenvalue weighted by molar-refractivity contribution is 5.94. The number of nitrogens with zero attached hydrogens (tertiary/aromatic N) is 5. The number of benzene rings is 1. The van der Waals surface area contributed by atoms with Crippen molar-refractivity contribution in [2.45, 2.75) is 25.9 Å². The van der Waals surface area contributed by atoms with Crippen LogP contribution < -0.4 is 10.5 Å². The molecule has 0 unspecified atom stereocenters. The van der Waals surface area contributed by atoms with Crippen LogP contribution in [0.25, 0.3) is 0 Å². The molecule has 2 heterocycles. The molecule has 1 amide bonds. The zero-order chi connectivity index (χ0) is 23.8. The molecule has 3 rings (SSSR count). The molecule has 0 bridgehead atoms. The fourth-order valence-electron chi connectivity index (χ4n) is 2.63. The van der Waals surface area contributed by atoms with E-state index >= 15 is 0 Å². The van der Waals surface area contributed by atoms with Gasteiger partial charge in [-0.3, -0.25) is 9.48 Å². The number of aromatic nitrogens is 4. The molecule has 0 fully saturated rings. The summed E-state index contributed by atoms with van der Waals surface area (Å²) in [5, 5.41) is 4.27. The van der Waals surface area contributed by atoms with Crippen LogP contribution in [-0.4, -0.2) is 49.4 Å². The molecule has 0 radical (unpaired) electrons. The molecule has 0 spiro atoms. The van der Waals surface area contributed by atoms with Crippen molar-refractivity contribution in [2.75, 3.05) is 6.54 Å². The van der Waals surface area contributed by atoms with E-state index in [0.29, 0.717) is 16.3 Å². The van der Waals surface area contributed by atoms with Crippen molar-refractivity contribution in [3.05, 3.63) is 71.9 Å². The molecule has 174 valence electrons. The van der Waals surface area contributed by atoms with E-state index in [1.54, 1.807) is 24.4 Å². The molecule has 2 aromatic heterocycles. The van der Waals surface area contributed by atoms with E-state index in [0.717, 1.165) is 0 Å². The van der Waals surface area contributed by atoms with Crippen LogP contribution in [-0.2, 0) is 29.3 Å². The minimum Gasteiger partial charge on any atom is -0.473 e. The van der Waals surface area contributed by atoms with Crippen LogP contribution in [0.15, 0.2) is 55.1 Å². The Morgan fingerprint density at radius 3 is 2.67 bits per heavy atom. The number of hydrogen-bond donors (Lipinski definition) is 1. The quantitative estimate of drug-likeness (QED) is 0.501. The fraction of sp³-hybridized carbons (Fsp3) is 0.250. The predicted octanol–water partition coefficient (Wildman–Crippen LogP) is 1.87. The minimum atomic E-state index is -5.26. The summed E-state index contributed by atoms with van der Waals surface area (Å²) in [5.74, 6) is -3.17. The zero-order valence-corrected chi connectivity index (χ0v) is 17.1. The van der Waals surface area contributed by atoms with Gasteiger partial charge < -0.3 is 15.3 Å². The van der Waals surface area contributed by atoms with Crippen molar-refractivity contribution in [3.63, 3.8) is 0 Å². The Balaban J connectivity index is 1.73. The zero-order valence-electron chi connectivity index (χ0n) is 17.1. The van der Waals surface area contributed by atoms with E-state index in [-0.39, 0.29) is 37.7 Å². The number of carbonyl (C=O) groups is 2. The maximum absolute atomic E-state index is 12.9. The van der Waals surface area contributed by atoms with Gasteiger partial charge in [0.1, 0.15) is 12.9 Å². The first-order chi connectivity index (χ1) is 15.8. The number of carbonyl (C=O) groups excluding carboxylic acids is 2. The first-order valence-corrected chi connectivity index (χ1v) is 9.57. The van der Waals surface area contributed by atoms with Gasteiger partial charge in [-0.2, -0.15) is 23.3 Å². The Morgan fingerprint density at radius 2 is 1.97 bits per heavy atom. The van der Waals surface area contributed by atoms with Gasteiger partial charge in [0.25, 0.3) is 5.91 Å². The van der Waals surface area contributed by atoms with Crippen molar-refractivity contribution in [1.29, 1.82) is 0 Å². The Morgan fingerprint density at radius 1 is 1.15 bits per heavy atom. The first-order valence-electron chi connectivity index (χ1n) is 9.57. The number of rotatable bonds is 8. The lowest BCUT2D eigenvalue weighted by Gasteiger charge is -2.22. The van der Waals surface area contributed by atoms with Gasteiger partial charge in [-0.1, -0.05) is 12.1 Å². The summed E-state index contributed by atoms with van der Waals surface area (Å²) >= 11 is 0. The van der Waals surface area contributed by atoms with Gasteiger partial charge in [0, 0.05) is 30.6 Å². The molecule has 2 N–H and O–H groups in total. The highest BCUT2D eigenvalue weighted by atomic mass is 19.4. The molecule has 13 heteroatoms. The van der Waals surface area contributed by atoms with E-state index < -0.39 is 18.1 Å². The minimum absolute atomic E-state index is 0.00289. The van der Waals surface area contributed by atoms with Gasteiger partial charge >= 0.3 is 12.1 Å².